The van der Waals surface area contributed by atoms with Gasteiger partial charge in [-0.3, -0.25) is 0 Å². The van der Waals surface area contributed by atoms with Gasteiger partial charge < -0.3 is 9.30 Å². The van der Waals surface area contributed by atoms with Gasteiger partial charge in [-0.2, -0.15) is 0 Å². The first-order chi connectivity index (χ1) is 19.2. The lowest BCUT2D eigenvalue weighted by Gasteiger charge is -2.16. The molecule has 0 saturated carbocycles. The molecule has 1 heterocycles. The zero-order valence-electron chi connectivity index (χ0n) is 21.7. The molecule has 0 bridgehead atoms. The van der Waals surface area contributed by atoms with E-state index in [2.05, 4.69) is 127 Å². The maximum Gasteiger partial charge on any atom is 0.128 e. The Hall–Kier alpha value is -5.08. The summed E-state index contributed by atoms with van der Waals surface area (Å²) in [5.74, 6) is 1.63. The lowest BCUT2D eigenvalue weighted by molar-refractivity contribution is 0.483. The molecule has 0 radical (unpaired) electrons. The van der Waals surface area contributed by atoms with Gasteiger partial charge in [-0.1, -0.05) is 103 Å². The van der Waals surface area contributed by atoms with Gasteiger partial charge in [-0.25, -0.2) is 0 Å². The molecule has 2 heteroatoms. The van der Waals surface area contributed by atoms with E-state index in [0.717, 1.165) is 39.4 Å². The molecule has 0 atom stereocenters. The summed E-state index contributed by atoms with van der Waals surface area (Å²) >= 11 is 0. The smallest absolute Gasteiger partial charge is 0.128 e. The Morgan fingerprint density at radius 3 is 1.77 bits per heavy atom. The standard InChI is InChI=1S/C37H27NO/c1-26-19-21-27(22-20-26)28-23-29(25-31(24-28)39-30-11-3-2-4-12-30)32-13-5-8-16-35(32)38-36-17-9-6-14-33(36)34-15-7-10-18-37(34)38/h2-25H,1H3. The third-order valence-electron chi connectivity index (χ3n) is 7.31. The largest absolute Gasteiger partial charge is 0.457 e. The predicted molar refractivity (Wildman–Crippen MR) is 163 cm³/mol. The van der Waals surface area contributed by atoms with Crippen molar-refractivity contribution in [1.82, 2.24) is 4.57 Å². The first-order valence-corrected chi connectivity index (χ1v) is 13.3. The number of hydrogen-bond donors (Lipinski definition) is 0. The zero-order chi connectivity index (χ0) is 26.2. The summed E-state index contributed by atoms with van der Waals surface area (Å²) in [6.07, 6.45) is 0. The highest BCUT2D eigenvalue weighted by Crippen LogP contribution is 2.39. The first kappa shape index (κ1) is 23.1. The van der Waals surface area contributed by atoms with Gasteiger partial charge in [0.2, 0.25) is 0 Å². The summed E-state index contributed by atoms with van der Waals surface area (Å²) in [6.45, 7) is 2.12. The highest BCUT2D eigenvalue weighted by atomic mass is 16.5. The second-order valence-corrected chi connectivity index (χ2v) is 9.91. The van der Waals surface area contributed by atoms with E-state index in [9.17, 15) is 0 Å². The maximum atomic E-state index is 6.39. The van der Waals surface area contributed by atoms with Crippen LogP contribution in [0.4, 0.5) is 0 Å². The molecule has 186 valence electrons. The van der Waals surface area contributed by atoms with Crippen LogP contribution in [0.1, 0.15) is 5.56 Å². The average Bonchev–Trinajstić information content (AvgIpc) is 3.32. The van der Waals surface area contributed by atoms with Crippen molar-refractivity contribution in [1.29, 1.82) is 0 Å². The average molecular weight is 502 g/mol. The van der Waals surface area contributed by atoms with Gasteiger partial charge in [0.05, 0.1) is 16.7 Å². The minimum absolute atomic E-state index is 0.811. The highest BCUT2D eigenvalue weighted by molar-refractivity contribution is 6.09. The lowest BCUT2D eigenvalue weighted by atomic mass is 9.96. The zero-order valence-corrected chi connectivity index (χ0v) is 21.7. The first-order valence-electron chi connectivity index (χ1n) is 13.3. The van der Waals surface area contributed by atoms with Crippen LogP contribution in [0.5, 0.6) is 11.5 Å². The normalized spacial score (nSPS) is 11.2. The molecule has 0 saturated heterocycles. The number of ether oxygens (including phenoxy) is 1. The van der Waals surface area contributed by atoms with Crippen molar-refractivity contribution in [2.75, 3.05) is 0 Å². The monoisotopic (exact) mass is 501 g/mol. The van der Waals surface area contributed by atoms with Crippen LogP contribution < -0.4 is 4.74 Å². The van der Waals surface area contributed by atoms with E-state index in [1.165, 1.54) is 27.4 Å². The summed E-state index contributed by atoms with van der Waals surface area (Å²) < 4.78 is 8.78. The summed E-state index contributed by atoms with van der Waals surface area (Å²) in [4.78, 5) is 0. The Balaban J connectivity index is 1.46. The Labute approximate surface area is 228 Å². The number of para-hydroxylation sites is 4. The van der Waals surface area contributed by atoms with Gasteiger partial charge in [-0.15, -0.1) is 0 Å². The van der Waals surface area contributed by atoms with E-state index < -0.39 is 0 Å². The fraction of sp³-hybridized carbons (Fsp3) is 0.0270. The third-order valence-corrected chi connectivity index (χ3v) is 7.31. The Morgan fingerprint density at radius 2 is 1.05 bits per heavy atom. The van der Waals surface area contributed by atoms with Crippen molar-refractivity contribution in [3.05, 3.63) is 151 Å². The van der Waals surface area contributed by atoms with Crippen LogP contribution in [0.2, 0.25) is 0 Å². The molecule has 39 heavy (non-hydrogen) atoms. The van der Waals surface area contributed by atoms with E-state index in [1.807, 2.05) is 30.3 Å². The number of nitrogens with zero attached hydrogens (tertiary/aromatic N) is 1. The van der Waals surface area contributed by atoms with Gasteiger partial charge in [0.25, 0.3) is 0 Å². The molecule has 0 aliphatic rings. The molecule has 0 amide bonds. The second kappa shape index (κ2) is 9.66. The van der Waals surface area contributed by atoms with Crippen LogP contribution in [0, 0.1) is 6.92 Å². The summed E-state index contributed by atoms with van der Waals surface area (Å²) in [6, 6.07) is 51.2. The summed E-state index contributed by atoms with van der Waals surface area (Å²) in [7, 11) is 0. The molecule has 2 nitrogen and oxygen atoms in total. The Morgan fingerprint density at radius 1 is 0.462 bits per heavy atom. The predicted octanol–water partition coefficient (Wildman–Crippen LogP) is 10.2. The van der Waals surface area contributed by atoms with Gasteiger partial charge >= 0.3 is 0 Å². The van der Waals surface area contributed by atoms with E-state index in [1.54, 1.807) is 0 Å². The van der Waals surface area contributed by atoms with Crippen molar-refractivity contribution in [3.63, 3.8) is 0 Å². The SMILES string of the molecule is Cc1ccc(-c2cc(Oc3ccccc3)cc(-c3ccccc3-n3c4ccccc4c4ccccc43)c2)cc1. The quantitative estimate of drug-likeness (QED) is 0.229. The number of aryl methyl sites for hydroxylation is 1. The number of aromatic nitrogens is 1. The van der Waals surface area contributed by atoms with E-state index in [4.69, 9.17) is 4.74 Å². The van der Waals surface area contributed by atoms with Gasteiger partial charge in [0.1, 0.15) is 11.5 Å². The highest BCUT2D eigenvalue weighted by Gasteiger charge is 2.16. The van der Waals surface area contributed by atoms with E-state index in [-0.39, 0.29) is 0 Å². The number of fused-ring (bicyclic) bond motifs is 3. The Kier molecular flexibility index (Phi) is 5.71. The van der Waals surface area contributed by atoms with Gasteiger partial charge in [-0.05, 0) is 72.1 Å². The molecule has 0 aliphatic carbocycles. The number of hydrogen-bond acceptors (Lipinski definition) is 1. The molecule has 7 rings (SSSR count). The van der Waals surface area contributed by atoms with Crippen molar-refractivity contribution in [2.45, 2.75) is 6.92 Å². The van der Waals surface area contributed by atoms with Crippen LogP contribution >= 0.6 is 0 Å². The summed E-state index contributed by atoms with van der Waals surface area (Å²) in [5.41, 5.74) is 9.31. The van der Waals surface area contributed by atoms with Gasteiger partial charge in [0.15, 0.2) is 0 Å². The lowest BCUT2D eigenvalue weighted by Crippen LogP contribution is -1.97. The fourth-order valence-corrected chi connectivity index (χ4v) is 5.45. The molecule has 6 aromatic carbocycles. The van der Waals surface area contributed by atoms with Crippen LogP contribution in [0.3, 0.4) is 0 Å². The molecule has 0 N–H and O–H groups in total. The fourth-order valence-electron chi connectivity index (χ4n) is 5.45. The molecule has 0 fully saturated rings. The molecule has 0 spiro atoms. The number of rotatable bonds is 5. The van der Waals surface area contributed by atoms with Gasteiger partial charge in [0, 0.05) is 16.3 Å². The van der Waals surface area contributed by atoms with Crippen LogP contribution in [0.25, 0.3) is 49.7 Å². The molecular formula is C37H27NO. The minimum Gasteiger partial charge on any atom is -0.457 e. The molecular weight excluding hydrogens is 474 g/mol. The van der Waals surface area contributed by atoms with Crippen LogP contribution in [-0.4, -0.2) is 4.57 Å². The topological polar surface area (TPSA) is 14.2 Å². The van der Waals surface area contributed by atoms with Crippen LogP contribution in [-0.2, 0) is 0 Å². The minimum atomic E-state index is 0.811. The molecule has 1 aromatic heterocycles. The molecule has 7 aromatic rings. The third kappa shape index (κ3) is 4.26. The maximum absolute atomic E-state index is 6.39. The molecule has 0 aliphatic heterocycles. The van der Waals surface area contributed by atoms with Crippen molar-refractivity contribution >= 4 is 21.8 Å². The molecule has 0 unspecified atom stereocenters. The van der Waals surface area contributed by atoms with E-state index in [0.29, 0.717) is 0 Å². The van der Waals surface area contributed by atoms with E-state index >= 15 is 0 Å². The van der Waals surface area contributed by atoms with Crippen molar-refractivity contribution < 1.29 is 4.74 Å². The van der Waals surface area contributed by atoms with Crippen LogP contribution in [0.15, 0.2) is 146 Å². The van der Waals surface area contributed by atoms with Crippen molar-refractivity contribution in [3.8, 4) is 39.4 Å². The van der Waals surface area contributed by atoms with Crippen molar-refractivity contribution in [2.24, 2.45) is 0 Å². The Bertz CT molecular complexity index is 1880. The second-order valence-electron chi connectivity index (χ2n) is 9.91. The summed E-state index contributed by atoms with van der Waals surface area (Å²) in [5, 5.41) is 2.51. The number of benzene rings is 6.